The molecule has 0 fully saturated rings. The fourth-order valence-corrected chi connectivity index (χ4v) is 2.66. The molecule has 1 heterocycles. The molecule has 2 rings (SSSR count). The van der Waals surface area contributed by atoms with Crippen LogP contribution < -0.4 is 5.32 Å². The van der Waals surface area contributed by atoms with Gasteiger partial charge in [-0.05, 0) is 28.1 Å². The number of nitrogens with one attached hydrogen (secondary N) is 1. The molecule has 1 aromatic heterocycles. The Morgan fingerprint density at radius 2 is 2.19 bits per heavy atom. The Hall–Kier alpha value is -0.290. The summed E-state index contributed by atoms with van der Waals surface area (Å²) < 4.78 is 1.56. The Morgan fingerprint density at radius 3 is 2.88 bits per heavy atom. The minimum Gasteiger partial charge on any atom is -0.378 e. The average molecular weight is 338 g/mol. The molecule has 0 spiro atoms. The molecule has 2 nitrogen and oxygen atoms in total. The van der Waals surface area contributed by atoms with Crippen LogP contribution in [0.15, 0.2) is 28.9 Å². The summed E-state index contributed by atoms with van der Waals surface area (Å²) in [6.45, 7) is 0.635. The Morgan fingerprint density at radius 1 is 1.38 bits per heavy atom. The van der Waals surface area contributed by atoms with Crippen molar-refractivity contribution in [3.05, 3.63) is 43.2 Å². The van der Waals surface area contributed by atoms with Gasteiger partial charge in [-0.1, -0.05) is 29.3 Å². The molecule has 0 unspecified atom stereocenters. The molecule has 0 atom stereocenters. The fraction of sp³-hybridized carbons (Fsp3) is 0.100. The molecule has 6 heteroatoms. The van der Waals surface area contributed by atoms with Crippen LogP contribution in [-0.2, 0) is 6.54 Å². The quantitative estimate of drug-likeness (QED) is 0.868. The summed E-state index contributed by atoms with van der Waals surface area (Å²) in [5.41, 5.74) is 0.943. The maximum Gasteiger partial charge on any atom is 0.113 e. The lowest BCUT2D eigenvalue weighted by atomic mass is 10.3. The summed E-state index contributed by atoms with van der Waals surface area (Å²) in [4.78, 5) is 4.16. The van der Waals surface area contributed by atoms with Crippen molar-refractivity contribution < 1.29 is 0 Å². The van der Waals surface area contributed by atoms with E-state index in [4.69, 9.17) is 23.2 Å². The van der Waals surface area contributed by atoms with Gasteiger partial charge in [0, 0.05) is 0 Å². The SMILES string of the molecule is Clc1cnc(CNc2cccc(Cl)c2Br)s1. The molecule has 0 radical (unpaired) electrons. The molecule has 0 aliphatic heterocycles. The van der Waals surface area contributed by atoms with Crippen molar-refractivity contribution in [1.29, 1.82) is 0 Å². The monoisotopic (exact) mass is 336 g/mol. The topological polar surface area (TPSA) is 24.9 Å². The van der Waals surface area contributed by atoms with E-state index in [0.29, 0.717) is 15.9 Å². The molecule has 84 valence electrons. The number of rotatable bonds is 3. The van der Waals surface area contributed by atoms with Crippen LogP contribution in [0.2, 0.25) is 9.36 Å². The lowest BCUT2D eigenvalue weighted by molar-refractivity contribution is 1.10. The highest BCUT2D eigenvalue weighted by atomic mass is 79.9. The molecule has 0 saturated heterocycles. The third kappa shape index (κ3) is 2.88. The van der Waals surface area contributed by atoms with E-state index in [9.17, 15) is 0 Å². The van der Waals surface area contributed by atoms with E-state index in [1.165, 1.54) is 11.3 Å². The zero-order valence-electron chi connectivity index (χ0n) is 8.01. The Labute approximate surface area is 116 Å². The second-order valence-corrected chi connectivity index (χ2v) is 5.96. The molecular weight excluding hydrogens is 331 g/mol. The summed E-state index contributed by atoms with van der Waals surface area (Å²) in [5, 5.41) is 4.87. The van der Waals surface area contributed by atoms with Crippen molar-refractivity contribution in [3.8, 4) is 0 Å². The third-order valence-corrected chi connectivity index (χ3v) is 4.42. The van der Waals surface area contributed by atoms with E-state index >= 15 is 0 Å². The number of benzene rings is 1. The first kappa shape index (κ1) is 12.2. The van der Waals surface area contributed by atoms with Crippen molar-refractivity contribution in [3.63, 3.8) is 0 Å². The van der Waals surface area contributed by atoms with Gasteiger partial charge in [0.25, 0.3) is 0 Å². The summed E-state index contributed by atoms with van der Waals surface area (Å²) in [5.74, 6) is 0. The lowest BCUT2D eigenvalue weighted by Gasteiger charge is -2.07. The number of nitrogens with zero attached hydrogens (tertiary/aromatic N) is 1. The minimum absolute atomic E-state index is 0.635. The molecule has 1 aromatic carbocycles. The van der Waals surface area contributed by atoms with E-state index < -0.39 is 0 Å². The maximum absolute atomic E-state index is 5.98. The molecular formula is C10H7BrCl2N2S. The smallest absolute Gasteiger partial charge is 0.113 e. The predicted molar refractivity (Wildman–Crippen MR) is 73.6 cm³/mol. The van der Waals surface area contributed by atoms with Crippen LogP contribution >= 0.6 is 50.5 Å². The van der Waals surface area contributed by atoms with Gasteiger partial charge in [0.15, 0.2) is 0 Å². The summed E-state index contributed by atoms with van der Waals surface area (Å²) in [7, 11) is 0. The van der Waals surface area contributed by atoms with Gasteiger partial charge in [-0.2, -0.15) is 0 Å². The van der Waals surface area contributed by atoms with Gasteiger partial charge >= 0.3 is 0 Å². The zero-order valence-corrected chi connectivity index (χ0v) is 11.9. The lowest BCUT2D eigenvalue weighted by Crippen LogP contribution is -1.99. The van der Waals surface area contributed by atoms with E-state index in [-0.39, 0.29) is 0 Å². The second kappa shape index (κ2) is 5.36. The first-order valence-corrected chi connectivity index (χ1v) is 6.81. The van der Waals surface area contributed by atoms with Gasteiger partial charge in [-0.25, -0.2) is 4.98 Å². The third-order valence-electron chi connectivity index (χ3n) is 1.91. The largest absolute Gasteiger partial charge is 0.378 e. The van der Waals surface area contributed by atoms with Gasteiger partial charge in [-0.15, -0.1) is 11.3 Å². The molecule has 0 aliphatic carbocycles. The van der Waals surface area contributed by atoms with Crippen LogP contribution in [0.1, 0.15) is 5.01 Å². The number of halogens is 3. The van der Waals surface area contributed by atoms with E-state index in [1.54, 1.807) is 6.20 Å². The van der Waals surface area contributed by atoms with E-state index in [2.05, 4.69) is 26.2 Å². The van der Waals surface area contributed by atoms with Crippen LogP contribution in [-0.4, -0.2) is 4.98 Å². The maximum atomic E-state index is 5.98. The molecule has 2 aromatic rings. The van der Waals surface area contributed by atoms with Crippen molar-refractivity contribution in [2.24, 2.45) is 0 Å². The molecule has 1 N–H and O–H groups in total. The van der Waals surface area contributed by atoms with Crippen molar-refractivity contribution in [2.75, 3.05) is 5.32 Å². The molecule has 0 saturated carbocycles. The van der Waals surface area contributed by atoms with Crippen molar-refractivity contribution in [2.45, 2.75) is 6.54 Å². The van der Waals surface area contributed by atoms with Gasteiger partial charge in [-0.3, -0.25) is 0 Å². The van der Waals surface area contributed by atoms with Crippen molar-refractivity contribution in [1.82, 2.24) is 4.98 Å². The van der Waals surface area contributed by atoms with Gasteiger partial charge in [0.1, 0.15) is 9.34 Å². The van der Waals surface area contributed by atoms with Crippen LogP contribution in [0, 0.1) is 0 Å². The van der Waals surface area contributed by atoms with E-state index in [1.807, 2.05) is 18.2 Å². The van der Waals surface area contributed by atoms with Crippen LogP contribution in [0.4, 0.5) is 5.69 Å². The average Bonchev–Trinajstić information content (AvgIpc) is 2.67. The molecule has 0 aliphatic rings. The highest BCUT2D eigenvalue weighted by Crippen LogP contribution is 2.30. The first-order valence-electron chi connectivity index (χ1n) is 4.45. The highest BCUT2D eigenvalue weighted by Gasteiger charge is 2.04. The van der Waals surface area contributed by atoms with Crippen LogP contribution in [0.25, 0.3) is 0 Å². The second-order valence-electron chi connectivity index (χ2n) is 3.01. The standard InChI is InChI=1S/C10H7BrCl2N2S/c11-10-6(12)2-1-3-7(10)14-5-9-15-4-8(13)16-9/h1-4,14H,5H2. The van der Waals surface area contributed by atoms with Gasteiger partial charge < -0.3 is 5.32 Å². The molecule has 16 heavy (non-hydrogen) atoms. The first-order chi connectivity index (χ1) is 7.66. The van der Waals surface area contributed by atoms with Crippen LogP contribution in [0.3, 0.4) is 0 Å². The number of hydrogen-bond acceptors (Lipinski definition) is 3. The Kier molecular flexibility index (Phi) is 4.08. The fourth-order valence-electron chi connectivity index (χ4n) is 1.18. The van der Waals surface area contributed by atoms with Crippen LogP contribution in [0.5, 0.6) is 0 Å². The number of aromatic nitrogens is 1. The van der Waals surface area contributed by atoms with Crippen molar-refractivity contribution >= 4 is 56.2 Å². The minimum atomic E-state index is 0.635. The number of hydrogen-bond donors (Lipinski definition) is 1. The van der Waals surface area contributed by atoms with E-state index in [0.717, 1.165) is 15.2 Å². The van der Waals surface area contributed by atoms with Gasteiger partial charge in [0.2, 0.25) is 0 Å². The Balaban J connectivity index is 2.07. The summed E-state index contributed by atoms with van der Waals surface area (Å²) in [6, 6.07) is 5.67. The highest BCUT2D eigenvalue weighted by molar-refractivity contribution is 9.10. The Bertz CT molecular complexity index is 501. The summed E-state index contributed by atoms with van der Waals surface area (Å²) in [6.07, 6.45) is 1.65. The number of anilines is 1. The normalized spacial score (nSPS) is 10.4. The zero-order chi connectivity index (χ0) is 11.5. The molecule has 0 bridgehead atoms. The summed E-state index contributed by atoms with van der Waals surface area (Å²) >= 11 is 16.7. The number of thiazole rings is 1. The van der Waals surface area contributed by atoms with Gasteiger partial charge in [0.05, 0.1) is 27.9 Å². The predicted octanol–water partition coefficient (Wildman–Crippen LogP) is 4.82. The molecule has 0 amide bonds.